The highest BCUT2D eigenvalue weighted by molar-refractivity contribution is 5.93. The molecule has 1 saturated heterocycles. The quantitative estimate of drug-likeness (QED) is 0.820. The van der Waals surface area contributed by atoms with Crippen molar-refractivity contribution in [2.24, 2.45) is 0 Å². The molecular weight excluding hydrogens is 328 g/mol. The Morgan fingerprint density at radius 3 is 2.65 bits per heavy atom. The molecule has 0 atom stereocenters. The Labute approximate surface area is 154 Å². The van der Waals surface area contributed by atoms with Crippen molar-refractivity contribution in [2.75, 3.05) is 27.2 Å². The first kappa shape index (κ1) is 18.5. The van der Waals surface area contributed by atoms with E-state index < -0.39 is 0 Å². The number of nitrogens with zero attached hydrogens (tertiary/aromatic N) is 4. The molecule has 1 amide bonds. The number of carbonyl (C=O) groups excluding carboxylic acids is 1. The first-order chi connectivity index (χ1) is 12.6. The summed E-state index contributed by atoms with van der Waals surface area (Å²) in [5.41, 5.74) is 3.61. The predicted octanol–water partition coefficient (Wildman–Crippen LogP) is 1.50. The lowest BCUT2D eigenvalue weighted by atomic mass is 10.1. The molecule has 0 saturated carbocycles. The molecule has 1 aliphatic heterocycles. The molecule has 0 unspecified atom stereocenters. The summed E-state index contributed by atoms with van der Waals surface area (Å²) in [5.74, 6) is -0.164. The molecule has 2 heterocycles. The number of hydrogen-bond donors (Lipinski definition) is 2. The lowest BCUT2D eigenvalue weighted by Crippen LogP contribution is -2.30. The van der Waals surface area contributed by atoms with Crippen LogP contribution in [0, 0.1) is 6.92 Å². The van der Waals surface area contributed by atoms with Gasteiger partial charge in [-0.1, -0.05) is 29.5 Å². The summed E-state index contributed by atoms with van der Waals surface area (Å²) < 4.78 is 1.91. The number of carbonyl (C=O) groups is 1. The van der Waals surface area contributed by atoms with Crippen molar-refractivity contribution in [3.8, 4) is 0 Å². The van der Waals surface area contributed by atoms with Crippen LogP contribution in [0.2, 0.25) is 0 Å². The maximum atomic E-state index is 12.6. The van der Waals surface area contributed by atoms with Crippen LogP contribution in [0.25, 0.3) is 0 Å². The molecule has 1 fully saturated rings. The molecule has 0 spiro atoms. The number of hydrogen-bond acceptors (Lipinski definition) is 5. The van der Waals surface area contributed by atoms with Crippen LogP contribution in [0.5, 0.6) is 0 Å². The van der Waals surface area contributed by atoms with E-state index in [-0.39, 0.29) is 5.91 Å². The van der Waals surface area contributed by atoms with Crippen LogP contribution in [0.15, 0.2) is 24.3 Å². The van der Waals surface area contributed by atoms with E-state index in [1.165, 1.54) is 5.56 Å². The van der Waals surface area contributed by atoms with Crippen LogP contribution < -0.4 is 10.6 Å². The number of nitrogens with one attached hydrogen (secondary N) is 2. The largest absolute Gasteiger partial charge is 0.346 e. The highest BCUT2D eigenvalue weighted by atomic mass is 16.2. The van der Waals surface area contributed by atoms with Gasteiger partial charge in [-0.2, -0.15) is 0 Å². The fraction of sp³-hybridized carbons (Fsp3) is 0.526. The van der Waals surface area contributed by atoms with Crippen molar-refractivity contribution in [1.29, 1.82) is 0 Å². The van der Waals surface area contributed by atoms with Crippen LogP contribution in [0.4, 0.5) is 0 Å². The SMILES string of the molecule is Cc1c(C(=O)NCc2ccccc2CN(C)C)nnn1C1CCNCC1. The van der Waals surface area contributed by atoms with E-state index in [0.29, 0.717) is 18.3 Å². The van der Waals surface area contributed by atoms with E-state index in [1.54, 1.807) is 0 Å². The third-order valence-corrected chi connectivity index (χ3v) is 4.84. The van der Waals surface area contributed by atoms with Crippen molar-refractivity contribution in [3.63, 3.8) is 0 Å². The maximum absolute atomic E-state index is 12.6. The molecule has 3 rings (SSSR count). The Kier molecular flexibility index (Phi) is 6.00. The van der Waals surface area contributed by atoms with Gasteiger partial charge in [0.05, 0.1) is 11.7 Å². The van der Waals surface area contributed by atoms with Gasteiger partial charge in [0.2, 0.25) is 0 Å². The third kappa shape index (κ3) is 4.28. The van der Waals surface area contributed by atoms with Crippen molar-refractivity contribution < 1.29 is 4.79 Å². The molecule has 0 radical (unpaired) electrons. The van der Waals surface area contributed by atoms with E-state index in [1.807, 2.05) is 37.8 Å². The minimum absolute atomic E-state index is 0.164. The number of amides is 1. The van der Waals surface area contributed by atoms with E-state index in [9.17, 15) is 4.79 Å². The summed E-state index contributed by atoms with van der Waals surface area (Å²) in [7, 11) is 4.08. The summed E-state index contributed by atoms with van der Waals surface area (Å²) >= 11 is 0. The molecule has 1 aromatic heterocycles. The van der Waals surface area contributed by atoms with Crippen molar-refractivity contribution in [1.82, 2.24) is 30.5 Å². The Morgan fingerprint density at radius 2 is 1.96 bits per heavy atom. The van der Waals surface area contributed by atoms with Crippen molar-refractivity contribution in [2.45, 2.75) is 38.9 Å². The summed E-state index contributed by atoms with van der Waals surface area (Å²) in [6, 6.07) is 8.50. The zero-order valence-corrected chi connectivity index (χ0v) is 15.8. The molecule has 2 aromatic rings. The van der Waals surface area contributed by atoms with Gasteiger partial charge in [0.15, 0.2) is 5.69 Å². The third-order valence-electron chi connectivity index (χ3n) is 4.84. The Hall–Kier alpha value is -2.25. The topological polar surface area (TPSA) is 75.1 Å². The average molecular weight is 356 g/mol. The summed E-state index contributed by atoms with van der Waals surface area (Å²) in [6.07, 6.45) is 2.03. The van der Waals surface area contributed by atoms with Crippen LogP contribution in [0.3, 0.4) is 0 Å². The minimum Gasteiger partial charge on any atom is -0.346 e. The molecule has 140 valence electrons. The number of piperidine rings is 1. The first-order valence-electron chi connectivity index (χ1n) is 9.18. The molecule has 26 heavy (non-hydrogen) atoms. The van der Waals surface area contributed by atoms with Gasteiger partial charge in [-0.25, -0.2) is 4.68 Å². The molecule has 7 nitrogen and oxygen atoms in total. The number of benzene rings is 1. The van der Waals surface area contributed by atoms with Gasteiger partial charge >= 0.3 is 0 Å². The van der Waals surface area contributed by atoms with Crippen LogP contribution >= 0.6 is 0 Å². The smallest absolute Gasteiger partial charge is 0.274 e. The zero-order chi connectivity index (χ0) is 18.5. The normalized spacial score (nSPS) is 15.4. The van der Waals surface area contributed by atoms with E-state index >= 15 is 0 Å². The van der Waals surface area contributed by atoms with Gasteiger partial charge in [-0.05, 0) is 58.1 Å². The Morgan fingerprint density at radius 1 is 1.27 bits per heavy atom. The molecule has 1 aliphatic rings. The molecule has 0 aliphatic carbocycles. The lowest BCUT2D eigenvalue weighted by molar-refractivity contribution is 0.0945. The second-order valence-corrected chi connectivity index (χ2v) is 7.14. The van der Waals surface area contributed by atoms with Gasteiger partial charge in [0, 0.05) is 13.1 Å². The monoisotopic (exact) mass is 356 g/mol. The van der Waals surface area contributed by atoms with Crippen molar-refractivity contribution in [3.05, 3.63) is 46.8 Å². The maximum Gasteiger partial charge on any atom is 0.274 e. The molecule has 2 N–H and O–H groups in total. The summed E-state index contributed by atoms with van der Waals surface area (Å²) in [5, 5.41) is 14.7. The van der Waals surface area contributed by atoms with Gasteiger partial charge in [0.1, 0.15) is 0 Å². The average Bonchev–Trinajstić information content (AvgIpc) is 3.02. The molecule has 0 bridgehead atoms. The second-order valence-electron chi connectivity index (χ2n) is 7.14. The highest BCUT2D eigenvalue weighted by Crippen LogP contribution is 2.20. The highest BCUT2D eigenvalue weighted by Gasteiger charge is 2.22. The standard InChI is InChI=1S/C19H28N6O/c1-14-18(22-23-25(14)17-8-10-20-11-9-17)19(26)21-12-15-6-4-5-7-16(15)13-24(2)3/h4-7,17,20H,8-13H2,1-3H3,(H,21,26). The molecule has 7 heteroatoms. The predicted molar refractivity (Wildman–Crippen MR) is 101 cm³/mol. The van der Waals surface area contributed by atoms with Crippen LogP contribution in [-0.4, -0.2) is 53.0 Å². The zero-order valence-electron chi connectivity index (χ0n) is 15.8. The van der Waals surface area contributed by atoms with Gasteiger partial charge in [-0.3, -0.25) is 4.79 Å². The molecule has 1 aromatic carbocycles. The fourth-order valence-corrected chi connectivity index (χ4v) is 3.43. The number of rotatable bonds is 6. The van der Waals surface area contributed by atoms with Crippen LogP contribution in [-0.2, 0) is 13.1 Å². The Balaban J connectivity index is 1.67. The summed E-state index contributed by atoms with van der Waals surface area (Å²) in [4.78, 5) is 14.7. The fourth-order valence-electron chi connectivity index (χ4n) is 3.43. The Bertz CT molecular complexity index is 748. The van der Waals surface area contributed by atoms with E-state index in [4.69, 9.17) is 0 Å². The van der Waals surface area contributed by atoms with Crippen molar-refractivity contribution >= 4 is 5.91 Å². The van der Waals surface area contributed by atoms with Gasteiger partial charge < -0.3 is 15.5 Å². The van der Waals surface area contributed by atoms with Gasteiger partial charge in [0.25, 0.3) is 5.91 Å². The van der Waals surface area contributed by atoms with E-state index in [0.717, 1.165) is 43.7 Å². The first-order valence-corrected chi connectivity index (χ1v) is 9.18. The second kappa shape index (κ2) is 8.42. The minimum atomic E-state index is -0.164. The van der Waals surface area contributed by atoms with E-state index in [2.05, 4.69) is 38.0 Å². The van der Waals surface area contributed by atoms with Gasteiger partial charge in [-0.15, -0.1) is 5.10 Å². The lowest BCUT2D eigenvalue weighted by Gasteiger charge is -2.23. The van der Waals surface area contributed by atoms with Crippen LogP contribution in [0.1, 0.15) is 46.2 Å². The number of aromatic nitrogens is 3. The summed E-state index contributed by atoms with van der Waals surface area (Å²) in [6.45, 7) is 5.22. The molecular formula is C19H28N6O.